The lowest BCUT2D eigenvalue weighted by Gasteiger charge is -2.16. The summed E-state index contributed by atoms with van der Waals surface area (Å²) in [7, 11) is 1.66. The monoisotopic (exact) mass is 394 g/mol. The van der Waals surface area contributed by atoms with Crippen molar-refractivity contribution in [3.05, 3.63) is 31.6 Å². The lowest BCUT2D eigenvalue weighted by atomic mass is 10.0. The molecule has 0 atom stereocenters. The van der Waals surface area contributed by atoms with Crippen LogP contribution in [0.5, 0.6) is 0 Å². The van der Waals surface area contributed by atoms with Crippen molar-refractivity contribution in [2.45, 2.75) is 19.3 Å². The molecular formula is C13H16FIN2O3. The minimum atomic E-state index is -0.487. The summed E-state index contributed by atoms with van der Waals surface area (Å²) in [4.78, 5) is 10.5. The molecule has 110 valence electrons. The number of rotatable bonds is 7. The zero-order valence-electron chi connectivity index (χ0n) is 11.1. The van der Waals surface area contributed by atoms with Crippen LogP contribution in [0.3, 0.4) is 0 Å². The molecule has 0 aliphatic heterocycles. The van der Waals surface area contributed by atoms with Crippen LogP contribution in [0, 0.1) is 24.9 Å². The van der Waals surface area contributed by atoms with E-state index >= 15 is 0 Å². The number of ether oxygens (including phenoxy) is 1. The van der Waals surface area contributed by atoms with E-state index in [2.05, 4.69) is 5.32 Å². The third-order valence-electron chi connectivity index (χ3n) is 3.68. The highest BCUT2D eigenvalue weighted by molar-refractivity contribution is 14.1. The number of benzene rings is 1. The molecule has 1 N–H and O–H groups in total. The Morgan fingerprint density at radius 1 is 1.55 bits per heavy atom. The van der Waals surface area contributed by atoms with Crippen LogP contribution in [0.4, 0.5) is 15.8 Å². The summed E-state index contributed by atoms with van der Waals surface area (Å²) in [5.41, 5.74) is 0.304. The van der Waals surface area contributed by atoms with E-state index in [1.54, 1.807) is 29.7 Å². The maximum absolute atomic E-state index is 13.6. The van der Waals surface area contributed by atoms with E-state index in [1.807, 2.05) is 0 Å². The molecular weight excluding hydrogens is 378 g/mol. The zero-order chi connectivity index (χ0) is 14.8. The van der Waals surface area contributed by atoms with Gasteiger partial charge in [0.1, 0.15) is 11.5 Å². The maximum Gasteiger partial charge on any atom is 0.293 e. The number of nitrogens with one attached hydrogen (secondary N) is 1. The molecule has 0 unspecified atom stereocenters. The van der Waals surface area contributed by atoms with Crippen LogP contribution in [-0.4, -0.2) is 25.2 Å². The molecule has 0 heterocycles. The maximum atomic E-state index is 13.6. The van der Waals surface area contributed by atoms with Crippen LogP contribution in [0.25, 0.3) is 0 Å². The summed E-state index contributed by atoms with van der Waals surface area (Å²) in [6, 6.07) is 2.46. The van der Waals surface area contributed by atoms with Crippen molar-refractivity contribution >= 4 is 34.0 Å². The van der Waals surface area contributed by atoms with E-state index in [1.165, 1.54) is 12.1 Å². The van der Waals surface area contributed by atoms with Gasteiger partial charge in [0.05, 0.1) is 8.49 Å². The molecule has 5 nitrogen and oxygen atoms in total. The number of halogens is 2. The summed E-state index contributed by atoms with van der Waals surface area (Å²) in [6.07, 6.45) is 3.06. The Labute approximate surface area is 130 Å². The van der Waals surface area contributed by atoms with Crippen molar-refractivity contribution in [1.82, 2.24) is 0 Å². The Kier molecular flexibility index (Phi) is 4.79. The van der Waals surface area contributed by atoms with Crippen LogP contribution in [-0.2, 0) is 4.74 Å². The van der Waals surface area contributed by atoms with Crippen molar-refractivity contribution in [1.29, 1.82) is 0 Å². The third-order valence-corrected chi connectivity index (χ3v) is 4.51. The van der Waals surface area contributed by atoms with Gasteiger partial charge in [0, 0.05) is 32.4 Å². The summed E-state index contributed by atoms with van der Waals surface area (Å²) >= 11 is 1.75. The highest BCUT2D eigenvalue weighted by Gasteiger charge is 2.42. The van der Waals surface area contributed by atoms with Crippen molar-refractivity contribution < 1.29 is 14.1 Å². The van der Waals surface area contributed by atoms with Gasteiger partial charge in [-0.3, -0.25) is 10.1 Å². The molecule has 1 saturated carbocycles. The van der Waals surface area contributed by atoms with Gasteiger partial charge in [0.15, 0.2) is 0 Å². The number of nitro groups is 1. The Hall–Kier alpha value is -0.960. The van der Waals surface area contributed by atoms with Gasteiger partial charge in [-0.15, -0.1) is 0 Å². The lowest BCUT2D eigenvalue weighted by Crippen LogP contribution is -2.18. The molecule has 20 heavy (non-hydrogen) atoms. The van der Waals surface area contributed by atoms with E-state index < -0.39 is 10.7 Å². The fraction of sp³-hybridized carbons (Fsp3) is 0.538. The number of nitro benzene ring substituents is 1. The van der Waals surface area contributed by atoms with E-state index in [9.17, 15) is 14.5 Å². The van der Waals surface area contributed by atoms with Crippen LogP contribution >= 0.6 is 22.6 Å². The fourth-order valence-electron chi connectivity index (χ4n) is 2.12. The summed E-state index contributed by atoms with van der Waals surface area (Å²) in [6.45, 7) is 1.28. The standard InChI is InChI=1S/C13H16FIN2O3/c1-20-5-4-13(2-3-13)8-16-11-6-9(14)10(15)7-12(11)17(18)19/h6-7,16H,2-5,8H2,1H3. The lowest BCUT2D eigenvalue weighted by molar-refractivity contribution is -0.384. The molecule has 1 aliphatic rings. The number of nitrogens with zero attached hydrogens (tertiary/aromatic N) is 1. The topological polar surface area (TPSA) is 64.4 Å². The molecule has 2 rings (SSSR count). The van der Waals surface area contributed by atoms with Crippen molar-refractivity contribution in [3.8, 4) is 0 Å². The molecule has 0 bridgehead atoms. The van der Waals surface area contributed by atoms with Gasteiger partial charge in [-0.2, -0.15) is 0 Å². The first-order valence-electron chi connectivity index (χ1n) is 6.34. The van der Waals surface area contributed by atoms with Gasteiger partial charge >= 0.3 is 0 Å². The Bertz CT molecular complexity index is 521. The average Bonchev–Trinajstić information content (AvgIpc) is 3.18. The van der Waals surface area contributed by atoms with Gasteiger partial charge in [0.2, 0.25) is 0 Å². The molecule has 0 saturated heterocycles. The first kappa shape index (κ1) is 15.4. The minimum Gasteiger partial charge on any atom is -0.385 e. The Morgan fingerprint density at radius 3 is 2.80 bits per heavy atom. The van der Waals surface area contributed by atoms with Crippen LogP contribution in [0.15, 0.2) is 12.1 Å². The van der Waals surface area contributed by atoms with E-state index in [-0.39, 0.29) is 20.4 Å². The molecule has 1 aromatic carbocycles. The molecule has 0 amide bonds. The van der Waals surface area contributed by atoms with E-state index in [4.69, 9.17) is 4.74 Å². The summed E-state index contributed by atoms with van der Waals surface area (Å²) in [5.74, 6) is -0.444. The average molecular weight is 394 g/mol. The van der Waals surface area contributed by atoms with Gasteiger partial charge in [-0.25, -0.2) is 4.39 Å². The van der Waals surface area contributed by atoms with Crippen LogP contribution < -0.4 is 5.32 Å². The SMILES string of the molecule is COCCC1(CNc2cc(F)c(I)cc2[N+](=O)[O-])CC1. The molecule has 0 aromatic heterocycles. The normalized spacial score (nSPS) is 15.9. The largest absolute Gasteiger partial charge is 0.385 e. The second-order valence-electron chi connectivity index (χ2n) is 5.14. The first-order valence-corrected chi connectivity index (χ1v) is 7.41. The number of hydrogen-bond donors (Lipinski definition) is 1. The molecule has 1 fully saturated rings. The molecule has 0 spiro atoms. The second-order valence-corrected chi connectivity index (χ2v) is 6.30. The van der Waals surface area contributed by atoms with Gasteiger partial charge < -0.3 is 10.1 Å². The van der Waals surface area contributed by atoms with E-state index in [0.29, 0.717) is 13.2 Å². The summed E-state index contributed by atoms with van der Waals surface area (Å²) < 4.78 is 18.9. The Morgan fingerprint density at radius 2 is 2.25 bits per heavy atom. The second kappa shape index (κ2) is 6.21. The predicted octanol–water partition coefficient (Wildman–Crippen LogP) is 3.57. The quantitative estimate of drug-likeness (QED) is 0.436. The van der Waals surface area contributed by atoms with E-state index in [0.717, 1.165) is 19.3 Å². The molecule has 7 heteroatoms. The number of methoxy groups -OCH3 is 1. The Balaban J connectivity index is 2.09. The molecule has 1 aliphatic carbocycles. The predicted molar refractivity (Wildman–Crippen MR) is 82.4 cm³/mol. The van der Waals surface area contributed by atoms with Gasteiger partial charge in [-0.05, 0) is 47.3 Å². The molecule has 0 radical (unpaired) electrons. The molecule has 1 aromatic rings. The van der Waals surface area contributed by atoms with Crippen LogP contribution in [0.1, 0.15) is 19.3 Å². The highest BCUT2D eigenvalue weighted by Crippen LogP contribution is 2.49. The number of anilines is 1. The number of hydrogen-bond acceptors (Lipinski definition) is 4. The van der Waals surface area contributed by atoms with Crippen molar-refractivity contribution in [3.63, 3.8) is 0 Å². The third kappa shape index (κ3) is 3.57. The van der Waals surface area contributed by atoms with Crippen LogP contribution in [0.2, 0.25) is 0 Å². The zero-order valence-corrected chi connectivity index (χ0v) is 13.3. The smallest absolute Gasteiger partial charge is 0.293 e. The fourth-order valence-corrected chi connectivity index (χ4v) is 2.57. The minimum absolute atomic E-state index is 0.0849. The van der Waals surface area contributed by atoms with Gasteiger partial charge in [-0.1, -0.05) is 0 Å². The van der Waals surface area contributed by atoms with Crippen molar-refractivity contribution in [2.75, 3.05) is 25.6 Å². The first-order chi connectivity index (χ1) is 9.47. The summed E-state index contributed by atoms with van der Waals surface area (Å²) in [5, 5.41) is 14.1. The highest BCUT2D eigenvalue weighted by atomic mass is 127. The van der Waals surface area contributed by atoms with Crippen molar-refractivity contribution in [2.24, 2.45) is 5.41 Å². The van der Waals surface area contributed by atoms with Gasteiger partial charge in [0.25, 0.3) is 5.69 Å².